The molecule has 5 nitrogen and oxygen atoms in total. The van der Waals surface area contributed by atoms with E-state index in [-0.39, 0.29) is 73.1 Å². The summed E-state index contributed by atoms with van der Waals surface area (Å²) in [5.74, 6) is -2.23. The third-order valence-corrected chi connectivity index (χ3v) is 5.79. The van der Waals surface area contributed by atoms with Crippen LogP contribution in [0.1, 0.15) is 133 Å². The van der Waals surface area contributed by atoms with Gasteiger partial charge in [-0.25, -0.2) is 9.59 Å². The van der Waals surface area contributed by atoms with Crippen molar-refractivity contribution in [1.82, 2.24) is 0 Å². The van der Waals surface area contributed by atoms with E-state index < -0.39 is 11.9 Å². The molecule has 0 unspecified atom stereocenters. The van der Waals surface area contributed by atoms with Crippen LogP contribution < -0.4 is 64.4 Å². The fourth-order valence-corrected chi connectivity index (χ4v) is 3.88. The van der Waals surface area contributed by atoms with Gasteiger partial charge in [-0.1, -0.05) is 103 Å². The Morgan fingerprint density at radius 3 is 1.30 bits per heavy atom. The molecule has 1 rings (SSSR count). The second-order valence-corrected chi connectivity index (χ2v) is 8.64. The number of anilines is 1. The van der Waals surface area contributed by atoms with Crippen molar-refractivity contribution in [3.8, 4) is 0 Å². The van der Waals surface area contributed by atoms with Crippen molar-refractivity contribution in [2.45, 2.75) is 110 Å². The molecular formula is C26H45NNa2O4. The molecule has 0 atom stereocenters. The van der Waals surface area contributed by atoms with Gasteiger partial charge in [0, 0.05) is 12.2 Å². The van der Waals surface area contributed by atoms with Gasteiger partial charge in [-0.3, -0.25) is 0 Å². The molecule has 33 heavy (non-hydrogen) atoms. The Hall–Kier alpha value is -0.0400. The number of aromatic carboxylic acids is 2. The van der Waals surface area contributed by atoms with Gasteiger partial charge >= 0.3 is 71.1 Å². The third kappa shape index (κ3) is 18.9. The van der Waals surface area contributed by atoms with Gasteiger partial charge in [0.25, 0.3) is 0 Å². The van der Waals surface area contributed by atoms with Crippen LogP contribution in [0.5, 0.6) is 0 Å². The molecule has 0 fully saturated rings. The van der Waals surface area contributed by atoms with Crippen molar-refractivity contribution in [2.24, 2.45) is 0 Å². The van der Waals surface area contributed by atoms with E-state index in [0.29, 0.717) is 5.69 Å². The normalized spacial score (nSPS) is 10.2. The van der Waals surface area contributed by atoms with Crippen LogP contribution in [0.4, 0.5) is 5.69 Å². The summed E-state index contributed by atoms with van der Waals surface area (Å²) < 4.78 is 0. The minimum atomic E-state index is -1.12. The van der Waals surface area contributed by atoms with Crippen LogP contribution in [-0.4, -0.2) is 28.7 Å². The van der Waals surface area contributed by atoms with Gasteiger partial charge in [0.2, 0.25) is 0 Å². The van der Waals surface area contributed by atoms with E-state index in [4.69, 9.17) is 10.2 Å². The number of hydrogen-bond acceptors (Lipinski definition) is 3. The molecule has 0 aliphatic rings. The van der Waals surface area contributed by atoms with Gasteiger partial charge in [-0.2, -0.15) is 0 Å². The SMILES string of the molecule is CCCCCCCCCCCCCCCCCCNc1cc(C(=O)O)cc(C(=O)O)c1.[H-].[H-].[Na+].[Na+]. The molecule has 0 heterocycles. The molecule has 1 aromatic carbocycles. The van der Waals surface area contributed by atoms with Gasteiger partial charge in [0.05, 0.1) is 11.1 Å². The molecule has 0 saturated heterocycles. The van der Waals surface area contributed by atoms with Crippen LogP contribution in [0.2, 0.25) is 0 Å². The summed E-state index contributed by atoms with van der Waals surface area (Å²) in [6, 6.07) is 4.16. The zero-order valence-corrected chi connectivity index (χ0v) is 25.5. The molecule has 0 radical (unpaired) electrons. The molecule has 0 aliphatic carbocycles. The number of hydrogen-bond donors (Lipinski definition) is 3. The Balaban J connectivity index is -0.00000120. The van der Waals surface area contributed by atoms with E-state index in [0.717, 1.165) is 19.4 Å². The first-order valence-electron chi connectivity index (χ1n) is 12.4. The fourth-order valence-electron chi connectivity index (χ4n) is 3.88. The first-order chi connectivity index (χ1) is 15.0. The van der Waals surface area contributed by atoms with Crippen LogP contribution in [0, 0.1) is 0 Å². The van der Waals surface area contributed by atoms with Crippen molar-refractivity contribution in [3.63, 3.8) is 0 Å². The molecule has 0 spiro atoms. The Labute approximate surface area is 248 Å². The van der Waals surface area contributed by atoms with Crippen LogP contribution >= 0.6 is 0 Å². The van der Waals surface area contributed by atoms with E-state index >= 15 is 0 Å². The largest absolute Gasteiger partial charge is 1.00 e. The molecule has 180 valence electrons. The minimum absolute atomic E-state index is 0. The zero-order valence-electron chi connectivity index (χ0n) is 23.5. The van der Waals surface area contributed by atoms with Gasteiger partial charge < -0.3 is 18.4 Å². The van der Waals surface area contributed by atoms with Crippen LogP contribution in [-0.2, 0) is 0 Å². The number of carboxylic acid groups (broad SMARTS) is 2. The van der Waals surface area contributed by atoms with E-state index in [1.807, 2.05) is 0 Å². The molecule has 1 aromatic rings. The summed E-state index contributed by atoms with van der Waals surface area (Å²) in [4.78, 5) is 22.3. The Bertz CT molecular complexity index is 620. The van der Waals surface area contributed by atoms with E-state index in [1.54, 1.807) is 0 Å². The number of benzene rings is 1. The molecule has 3 N–H and O–H groups in total. The second-order valence-electron chi connectivity index (χ2n) is 8.64. The maximum absolute atomic E-state index is 11.1. The Morgan fingerprint density at radius 2 is 0.970 bits per heavy atom. The third-order valence-electron chi connectivity index (χ3n) is 5.79. The van der Waals surface area contributed by atoms with Crippen LogP contribution in [0.3, 0.4) is 0 Å². The predicted octanol–water partition coefficient (Wildman–Crippen LogP) is 1.99. The summed E-state index contributed by atoms with van der Waals surface area (Å²) in [5.41, 5.74) is 0.544. The van der Waals surface area contributed by atoms with Gasteiger partial charge in [-0.15, -0.1) is 0 Å². The van der Waals surface area contributed by atoms with Crippen molar-refractivity contribution in [2.75, 3.05) is 11.9 Å². The standard InChI is InChI=1S/C26H43NO4.2Na.2H/c1-2-3-4-5-6-7-8-9-10-11-12-13-14-15-16-17-18-27-24-20-22(25(28)29)19-23(21-24)26(30)31;;;;/h19-21,27H,2-18H2,1H3,(H,28,29)(H,30,31);;;;/q;2*+1;2*-1. The quantitative estimate of drug-likeness (QED) is 0.196. The Morgan fingerprint density at radius 1 is 0.636 bits per heavy atom. The number of carboxylic acids is 2. The van der Waals surface area contributed by atoms with Crippen molar-refractivity contribution < 1.29 is 81.8 Å². The zero-order chi connectivity index (χ0) is 22.7. The molecule has 0 bridgehead atoms. The van der Waals surface area contributed by atoms with Crippen molar-refractivity contribution in [1.29, 1.82) is 0 Å². The number of nitrogens with one attached hydrogen (secondary N) is 1. The van der Waals surface area contributed by atoms with E-state index in [2.05, 4.69) is 12.2 Å². The first kappa shape index (κ1) is 35.1. The average Bonchev–Trinajstić information content (AvgIpc) is 2.75. The predicted molar refractivity (Wildman–Crippen MR) is 131 cm³/mol. The summed E-state index contributed by atoms with van der Waals surface area (Å²) >= 11 is 0. The first-order valence-corrected chi connectivity index (χ1v) is 12.4. The molecule has 0 amide bonds. The summed E-state index contributed by atoms with van der Waals surface area (Å²) in [6.45, 7) is 2.99. The number of carbonyl (C=O) groups is 2. The summed E-state index contributed by atoms with van der Waals surface area (Å²) in [7, 11) is 0. The van der Waals surface area contributed by atoms with Crippen LogP contribution in [0.15, 0.2) is 18.2 Å². The van der Waals surface area contributed by atoms with Crippen molar-refractivity contribution in [3.05, 3.63) is 29.3 Å². The monoisotopic (exact) mass is 481 g/mol. The maximum Gasteiger partial charge on any atom is 1.00 e. The molecule has 0 aromatic heterocycles. The van der Waals surface area contributed by atoms with Crippen molar-refractivity contribution >= 4 is 17.6 Å². The van der Waals surface area contributed by atoms with Gasteiger partial charge in [0.1, 0.15) is 0 Å². The topological polar surface area (TPSA) is 86.6 Å². The van der Waals surface area contributed by atoms with Gasteiger partial charge in [0.15, 0.2) is 0 Å². The second kappa shape index (κ2) is 23.7. The molecule has 0 aliphatic heterocycles. The van der Waals surface area contributed by atoms with E-state index in [9.17, 15) is 9.59 Å². The van der Waals surface area contributed by atoms with Gasteiger partial charge in [-0.05, 0) is 24.6 Å². The maximum atomic E-state index is 11.1. The minimum Gasteiger partial charge on any atom is -1.00 e. The molecular weight excluding hydrogens is 436 g/mol. The van der Waals surface area contributed by atoms with Crippen LogP contribution in [0.25, 0.3) is 0 Å². The Kier molecular flexibility index (Phi) is 25.2. The summed E-state index contributed by atoms with van der Waals surface area (Å²) in [6.07, 6.45) is 21.2. The number of rotatable bonds is 20. The smallest absolute Gasteiger partial charge is 1.00 e. The average molecular weight is 482 g/mol. The fraction of sp³-hybridized carbons (Fsp3) is 0.692. The molecule has 7 heteroatoms. The van der Waals surface area contributed by atoms with E-state index in [1.165, 1.54) is 108 Å². The summed E-state index contributed by atoms with van der Waals surface area (Å²) in [5, 5.41) is 21.4. The molecule has 0 saturated carbocycles. The number of unbranched alkanes of at least 4 members (excludes halogenated alkanes) is 15.